The van der Waals surface area contributed by atoms with E-state index in [9.17, 15) is 0 Å². The Bertz CT molecular complexity index is 539. The van der Waals surface area contributed by atoms with Crippen molar-refractivity contribution in [2.75, 3.05) is 5.73 Å². The Morgan fingerprint density at radius 3 is 3.06 bits per heavy atom. The summed E-state index contributed by atoms with van der Waals surface area (Å²) in [6.45, 7) is 2.97. The highest BCUT2D eigenvalue weighted by atomic mass is 32.2. The van der Waals surface area contributed by atoms with Gasteiger partial charge in [-0.15, -0.1) is 16.9 Å². The zero-order chi connectivity index (χ0) is 12.5. The molecule has 1 atom stereocenters. The second-order valence-electron chi connectivity index (χ2n) is 4.51. The van der Waals surface area contributed by atoms with Crippen molar-refractivity contribution in [3.05, 3.63) is 35.5 Å². The van der Waals surface area contributed by atoms with Gasteiger partial charge in [-0.1, -0.05) is 30.3 Å². The van der Waals surface area contributed by atoms with E-state index in [1.165, 1.54) is 10.5 Å². The van der Waals surface area contributed by atoms with E-state index in [0.717, 1.165) is 25.1 Å². The maximum absolute atomic E-state index is 5.81. The van der Waals surface area contributed by atoms with Crippen molar-refractivity contribution >= 4 is 17.6 Å². The van der Waals surface area contributed by atoms with E-state index in [2.05, 4.69) is 41.5 Å². The van der Waals surface area contributed by atoms with Crippen molar-refractivity contribution in [2.24, 2.45) is 0 Å². The fourth-order valence-corrected chi connectivity index (χ4v) is 3.70. The first-order valence-corrected chi connectivity index (χ1v) is 7.08. The predicted molar refractivity (Wildman–Crippen MR) is 73.6 cm³/mol. The van der Waals surface area contributed by atoms with Gasteiger partial charge in [-0.25, -0.2) is 4.68 Å². The molecule has 0 bridgehead atoms. The number of aromatic nitrogens is 3. The molecule has 0 spiro atoms. The molecule has 94 valence electrons. The standard InChI is InChI=1S/C13H16N4S/c1-2-11-13(14)15-16-17(11)8-10-7-9-5-3-4-6-12(9)18-10/h3-6,10H,2,7-8,14H2,1H3. The zero-order valence-corrected chi connectivity index (χ0v) is 11.2. The molecule has 18 heavy (non-hydrogen) atoms. The summed E-state index contributed by atoms with van der Waals surface area (Å²) in [6.07, 6.45) is 1.98. The lowest BCUT2D eigenvalue weighted by Gasteiger charge is -2.10. The number of nitrogens with zero attached hydrogens (tertiary/aromatic N) is 3. The summed E-state index contributed by atoms with van der Waals surface area (Å²) in [7, 11) is 0. The lowest BCUT2D eigenvalue weighted by Crippen LogP contribution is -2.15. The minimum absolute atomic E-state index is 0.536. The number of anilines is 1. The number of hydrogen-bond acceptors (Lipinski definition) is 4. The van der Waals surface area contributed by atoms with Gasteiger partial charge in [0, 0.05) is 10.1 Å². The molecule has 0 aliphatic carbocycles. The molecule has 0 amide bonds. The van der Waals surface area contributed by atoms with Crippen molar-refractivity contribution in [3.63, 3.8) is 0 Å². The molecule has 4 nitrogen and oxygen atoms in total. The van der Waals surface area contributed by atoms with Crippen LogP contribution in [0.15, 0.2) is 29.2 Å². The number of thioether (sulfide) groups is 1. The number of rotatable bonds is 3. The Labute approximate surface area is 111 Å². The number of benzene rings is 1. The summed E-state index contributed by atoms with van der Waals surface area (Å²) in [5.41, 5.74) is 8.30. The zero-order valence-electron chi connectivity index (χ0n) is 10.3. The topological polar surface area (TPSA) is 56.7 Å². The summed E-state index contributed by atoms with van der Waals surface area (Å²) in [5, 5.41) is 8.64. The molecule has 1 aliphatic heterocycles. The highest BCUT2D eigenvalue weighted by Gasteiger charge is 2.23. The molecule has 0 radical (unpaired) electrons. The van der Waals surface area contributed by atoms with Crippen molar-refractivity contribution < 1.29 is 0 Å². The van der Waals surface area contributed by atoms with Gasteiger partial charge in [0.2, 0.25) is 0 Å². The van der Waals surface area contributed by atoms with Crippen LogP contribution in [-0.4, -0.2) is 20.2 Å². The van der Waals surface area contributed by atoms with E-state index in [-0.39, 0.29) is 0 Å². The van der Waals surface area contributed by atoms with Crippen LogP contribution in [0.4, 0.5) is 5.82 Å². The maximum Gasteiger partial charge on any atom is 0.169 e. The first-order chi connectivity index (χ1) is 8.78. The number of fused-ring (bicyclic) bond motifs is 1. The minimum atomic E-state index is 0.536. The fraction of sp³-hybridized carbons (Fsp3) is 0.385. The van der Waals surface area contributed by atoms with E-state index in [4.69, 9.17) is 5.73 Å². The number of nitrogen functional groups attached to an aromatic ring is 1. The largest absolute Gasteiger partial charge is 0.381 e. The second-order valence-corrected chi connectivity index (χ2v) is 5.85. The molecular formula is C13H16N4S. The van der Waals surface area contributed by atoms with Crippen molar-refractivity contribution in [1.82, 2.24) is 15.0 Å². The van der Waals surface area contributed by atoms with Crippen LogP contribution < -0.4 is 5.73 Å². The molecule has 0 saturated carbocycles. The van der Waals surface area contributed by atoms with Gasteiger partial charge in [0.1, 0.15) is 0 Å². The molecule has 3 rings (SSSR count). The first-order valence-electron chi connectivity index (χ1n) is 6.20. The Morgan fingerprint density at radius 1 is 1.44 bits per heavy atom. The van der Waals surface area contributed by atoms with Gasteiger partial charge in [0.25, 0.3) is 0 Å². The van der Waals surface area contributed by atoms with E-state index < -0.39 is 0 Å². The lowest BCUT2D eigenvalue weighted by atomic mass is 10.1. The summed E-state index contributed by atoms with van der Waals surface area (Å²) >= 11 is 1.93. The van der Waals surface area contributed by atoms with Crippen LogP contribution in [0, 0.1) is 0 Å². The lowest BCUT2D eigenvalue weighted by molar-refractivity contribution is 0.553. The third kappa shape index (κ3) is 1.99. The summed E-state index contributed by atoms with van der Waals surface area (Å²) in [5.74, 6) is 0.568. The van der Waals surface area contributed by atoms with Gasteiger partial charge in [-0.2, -0.15) is 0 Å². The van der Waals surface area contributed by atoms with Gasteiger partial charge in [-0.3, -0.25) is 0 Å². The fourth-order valence-electron chi connectivity index (χ4n) is 2.41. The molecule has 2 heterocycles. The van der Waals surface area contributed by atoms with E-state index in [1.807, 2.05) is 16.4 Å². The maximum atomic E-state index is 5.81. The molecule has 1 aliphatic rings. The van der Waals surface area contributed by atoms with Crippen LogP contribution in [0.2, 0.25) is 0 Å². The van der Waals surface area contributed by atoms with E-state index in [1.54, 1.807) is 0 Å². The van der Waals surface area contributed by atoms with Crippen LogP contribution >= 0.6 is 11.8 Å². The van der Waals surface area contributed by atoms with Crippen LogP contribution in [0.25, 0.3) is 0 Å². The van der Waals surface area contributed by atoms with Crippen molar-refractivity contribution in [3.8, 4) is 0 Å². The van der Waals surface area contributed by atoms with Crippen molar-refractivity contribution in [1.29, 1.82) is 0 Å². The van der Waals surface area contributed by atoms with Gasteiger partial charge >= 0.3 is 0 Å². The highest BCUT2D eigenvalue weighted by Crippen LogP contribution is 2.37. The Kier molecular flexibility index (Phi) is 2.99. The summed E-state index contributed by atoms with van der Waals surface area (Å²) < 4.78 is 1.96. The normalized spacial score (nSPS) is 17.9. The molecule has 2 aromatic rings. The molecule has 1 aromatic carbocycles. The summed E-state index contributed by atoms with van der Waals surface area (Å²) in [6, 6.07) is 8.60. The average molecular weight is 260 g/mol. The van der Waals surface area contributed by atoms with E-state index >= 15 is 0 Å². The number of hydrogen-bond donors (Lipinski definition) is 1. The predicted octanol–water partition coefficient (Wildman–Crippen LogP) is 2.14. The SMILES string of the molecule is CCc1c(N)nnn1CC1Cc2ccccc2S1. The third-order valence-corrected chi connectivity index (χ3v) is 4.59. The van der Waals surface area contributed by atoms with Crippen LogP contribution in [0.5, 0.6) is 0 Å². The molecule has 0 fully saturated rings. The van der Waals surface area contributed by atoms with Gasteiger partial charge in [0.15, 0.2) is 5.82 Å². The van der Waals surface area contributed by atoms with Crippen molar-refractivity contribution in [2.45, 2.75) is 36.5 Å². The minimum Gasteiger partial charge on any atom is -0.381 e. The van der Waals surface area contributed by atoms with Crippen LogP contribution in [-0.2, 0) is 19.4 Å². The molecule has 0 saturated heterocycles. The third-order valence-electron chi connectivity index (χ3n) is 3.29. The van der Waals surface area contributed by atoms with Gasteiger partial charge in [-0.05, 0) is 24.5 Å². The Morgan fingerprint density at radius 2 is 2.28 bits per heavy atom. The Hall–Kier alpha value is -1.49. The Balaban J connectivity index is 1.76. The average Bonchev–Trinajstić information content (AvgIpc) is 2.93. The van der Waals surface area contributed by atoms with Crippen LogP contribution in [0.3, 0.4) is 0 Å². The summed E-state index contributed by atoms with van der Waals surface area (Å²) in [4.78, 5) is 1.40. The second kappa shape index (κ2) is 4.65. The quantitative estimate of drug-likeness (QED) is 0.918. The first kappa shape index (κ1) is 11.6. The number of nitrogens with two attached hydrogens (primary N) is 1. The molecule has 2 N–H and O–H groups in total. The van der Waals surface area contributed by atoms with Gasteiger partial charge < -0.3 is 5.73 Å². The molecular weight excluding hydrogens is 244 g/mol. The van der Waals surface area contributed by atoms with E-state index in [0.29, 0.717) is 11.1 Å². The smallest absolute Gasteiger partial charge is 0.169 e. The van der Waals surface area contributed by atoms with Crippen LogP contribution in [0.1, 0.15) is 18.2 Å². The highest BCUT2D eigenvalue weighted by molar-refractivity contribution is 8.00. The monoisotopic (exact) mass is 260 g/mol. The molecule has 1 unspecified atom stereocenters. The molecule has 5 heteroatoms. The molecule has 1 aromatic heterocycles. The van der Waals surface area contributed by atoms with Gasteiger partial charge in [0.05, 0.1) is 12.2 Å².